The van der Waals surface area contributed by atoms with Crippen LogP contribution in [0.5, 0.6) is 0 Å². The van der Waals surface area contributed by atoms with Gasteiger partial charge in [0.15, 0.2) is 0 Å². The Bertz CT molecular complexity index is 1630. The summed E-state index contributed by atoms with van der Waals surface area (Å²) in [5.41, 5.74) is 12.0. The van der Waals surface area contributed by atoms with E-state index in [9.17, 15) is 0 Å². The molecule has 0 saturated heterocycles. The molecule has 0 aromatic heterocycles. The van der Waals surface area contributed by atoms with E-state index >= 15 is 0 Å². The molecule has 2 atom stereocenters. The highest BCUT2D eigenvalue weighted by Crippen LogP contribution is 2.65. The molecule has 2 bridgehead atoms. The largest absolute Gasteiger partial charge is 0.0707 e. The Labute approximate surface area is 174 Å². The summed E-state index contributed by atoms with van der Waals surface area (Å²) in [4.78, 5) is 0. The van der Waals surface area contributed by atoms with E-state index in [0.717, 1.165) is 0 Å². The molecule has 9 rings (SSSR count). The molecule has 0 radical (unpaired) electrons. The highest BCUT2D eigenvalue weighted by molar-refractivity contribution is 6.15. The normalized spacial score (nSPS) is 23.5. The van der Waals surface area contributed by atoms with E-state index in [0.29, 0.717) is 5.92 Å². The Morgan fingerprint density at radius 1 is 0.733 bits per heavy atom. The number of rotatable bonds is 0. The Hall–Kier alpha value is -3.51. The topological polar surface area (TPSA) is 0 Å². The van der Waals surface area contributed by atoms with Crippen LogP contribution in [0.25, 0.3) is 27.6 Å². The molecule has 6 aliphatic carbocycles. The first-order valence-electron chi connectivity index (χ1n) is 11.0. The molecule has 2 unspecified atom stereocenters. The van der Waals surface area contributed by atoms with Crippen LogP contribution in [0.15, 0.2) is 78.9 Å². The minimum Gasteiger partial charge on any atom is -0.0635 e. The van der Waals surface area contributed by atoms with Crippen LogP contribution < -0.4 is 0 Å². The molecular weight excluding hydrogens is 360 g/mol. The van der Waals surface area contributed by atoms with Crippen molar-refractivity contribution in [2.24, 2.45) is 0 Å². The molecule has 0 heterocycles. The minimum atomic E-state index is 0.0134. The van der Waals surface area contributed by atoms with Crippen molar-refractivity contribution in [3.63, 3.8) is 0 Å². The Morgan fingerprint density at radius 3 is 2.57 bits per heavy atom. The lowest BCUT2D eigenvalue weighted by Gasteiger charge is -2.40. The second-order valence-electron chi connectivity index (χ2n) is 9.51. The zero-order valence-electron chi connectivity index (χ0n) is 16.4. The summed E-state index contributed by atoms with van der Waals surface area (Å²) in [6.45, 7) is 0. The van der Waals surface area contributed by atoms with Gasteiger partial charge in [-0.3, -0.25) is 0 Å². The Kier molecular flexibility index (Phi) is 2.08. The standard InChI is InChI=1S/C30H17/c1-2-4-23-20(3-1)22-15-30(23)14-13-19-10-9-17-7-5-16-6-8-18-11-12-21(22)28-26(18)24(16)25(17)27(19)29(28)30/h1-14,22H,15H2/q+1. The van der Waals surface area contributed by atoms with Gasteiger partial charge in [0.1, 0.15) is 0 Å². The van der Waals surface area contributed by atoms with Crippen molar-refractivity contribution in [3.8, 4) is 0 Å². The Balaban J connectivity index is 1.66. The fourth-order valence-corrected chi connectivity index (χ4v) is 7.36. The van der Waals surface area contributed by atoms with Crippen LogP contribution in [0, 0.1) is 5.92 Å². The predicted molar refractivity (Wildman–Crippen MR) is 122 cm³/mol. The van der Waals surface area contributed by atoms with Crippen molar-refractivity contribution >= 4 is 27.6 Å². The van der Waals surface area contributed by atoms with E-state index in [1.165, 1.54) is 61.7 Å². The summed E-state index contributed by atoms with van der Waals surface area (Å²) in [5, 5.41) is 5.72. The van der Waals surface area contributed by atoms with Crippen molar-refractivity contribution in [2.45, 2.75) is 17.8 Å². The van der Waals surface area contributed by atoms with Gasteiger partial charge in [0.25, 0.3) is 0 Å². The highest BCUT2D eigenvalue weighted by atomic mass is 14.6. The first kappa shape index (κ1) is 14.5. The lowest BCUT2D eigenvalue weighted by Crippen LogP contribution is -2.33. The van der Waals surface area contributed by atoms with Gasteiger partial charge in [-0.25, -0.2) is 0 Å². The molecule has 3 aromatic carbocycles. The van der Waals surface area contributed by atoms with E-state index in [2.05, 4.69) is 84.9 Å². The van der Waals surface area contributed by atoms with E-state index in [1.54, 1.807) is 16.7 Å². The van der Waals surface area contributed by atoms with Crippen molar-refractivity contribution in [3.05, 3.63) is 129 Å². The van der Waals surface area contributed by atoms with Crippen molar-refractivity contribution in [1.82, 2.24) is 0 Å². The fraction of sp³-hybridized carbons (Fsp3) is 0.100. The second-order valence-corrected chi connectivity index (χ2v) is 9.51. The minimum absolute atomic E-state index is 0.0134. The lowest BCUT2D eigenvalue weighted by molar-refractivity contribution is 0.572. The van der Waals surface area contributed by atoms with Crippen molar-refractivity contribution in [1.29, 1.82) is 0 Å². The molecule has 0 fully saturated rings. The molecule has 3 aromatic rings. The predicted octanol–water partition coefficient (Wildman–Crippen LogP) is 6.93. The summed E-state index contributed by atoms with van der Waals surface area (Å²) >= 11 is 0. The average molecular weight is 377 g/mol. The van der Waals surface area contributed by atoms with Gasteiger partial charge < -0.3 is 0 Å². The third-order valence-electron chi connectivity index (χ3n) is 8.43. The van der Waals surface area contributed by atoms with Gasteiger partial charge in [-0.1, -0.05) is 42.5 Å². The van der Waals surface area contributed by atoms with Crippen LogP contribution >= 0.6 is 0 Å². The van der Waals surface area contributed by atoms with Gasteiger partial charge in [-0.15, -0.1) is 0 Å². The maximum atomic E-state index is 2.53. The summed E-state index contributed by atoms with van der Waals surface area (Å²) in [6, 6.07) is 27.9. The number of fused-ring (bicyclic) bond motifs is 1. The molecule has 0 saturated carbocycles. The molecule has 0 amide bonds. The number of benzene rings is 3. The van der Waals surface area contributed by atoms with E-state index in [1.807, 2.05) is 0 Å². The molecule has 1 spiro atoms. The molecule has 0 nitrogen and oxygen atoms in total. The Morgan fingerprint density at radius 2 is 1.57 bits per heavy atom. The van der Waals surface area contributed by atoms with Crippen LogP contribution in [-0.4, -0.2) is 0 Å². The van der Waals surface area contributed by atoms with Crippen molar-refractivity contribution in [2.75, 3.05) is 0 Å². The van der Waals surface area contributed by atoms with E-state index < -0.39 is 0 Å². The zero-order chi connectivity index (χ0) is 19.2. The number of allylic oxidation sites excluding steroid dienone is 1. The first-order chi connectivity index (χ1) is 14.9. The monoisotopic (exact) mass is 377 g/mol. The van der Waals surface area contributed by atoms with Crippen LogP contribution in [0.2, 0.25) is 0 Å². The van der Waals surface area contributed by atoms with Gasteiger partial charge in [-0.05, 0) is 65.6 Å². The van der Waals surface area contributed by atoms with Gasteiger partial charge in [0, 0.05) is 38.6 Å². The van der Waals surface area contributed by atoms with Crippen LogP contribution in [0.3, 0.4) is 0 Å². The van der Waals surface area contributed by atoms with Crippen LogP contribution in [-0.2, 0) is 5.41 Å². The fourth-order valence-electron chi connectivity index (χ4n) is 7.36. The van der Waals surface area contributed by atoms with E-state index in [-0.39, 0.29) is 5.41 Å². The summed E-state index contributed by atoms with van der Waals surface area (Å²) < 4.78 is 0. The third-order valence-corrected chi connectivity index (χ3v) is 8.43. The zero-order valence-corrected chi connectivity index (χ0v) is 16.4. The molecule has 0 N–H and O–H groups in total. The second kappa shape index (κ2) is 4.32. The summed E-state index contributed by atoms with van der Waals surface area (Å²) in [7, 11) is 0. The molecule has 6 aliphatic rings. The SMILES string of the molecule is C1=CC23CC(c4ccccc42)c2ccc4ccc5ccc6ccc1c1c3c2[C+]4c5c61. The quantitative estimate of drug-likeness (QED) is 0.252. The van der Waals surface area contributed by atoms with Crippen molar-refractivity contribution < 1.29 is 0 Å². The van der Waals surface area contributed by atoms with Gasteiger partial charge in [-0.2, -0.15) is 0 Å². The van der Waals surface area contributed by atoms with Crippen LogP contribution in [0.1, 0.15) is 56.8 Å². The van der Waals surface area contributed by atoms with E-state index in [4.69, 9.17) is 0 Å². The summed E-state index contributed by atoms with van der Waals surface area (Å²) in [5.74, 6) is 1.99. The molecular formula is C30H17+. The molecule has 0 aliphatic heterocycles. The maximum Gasteiger partial charge on any atom is 0.0707 e. The van der Waals surface area contributed by atoms with Gasteiger partial charge >= 0.3 is 0 Å². The number of hydrogen-bond donors (Lipinski definition) is 0. The number of hydrogen-bond acceptors (Lipinski definition) is 0. The molecule has 136 valence electrons. The molecule has 0 heteroatoms. The van der Waals surface area contributed by atoms with Crippen LogP contribution in [0.4, 0.5) is 0 Å². The summed E-state index contributed by atoms with van der Waals surface area (Å²) in [6.07, 6.45) is 6.12. The average Bonchev–Trinajstić information content (AvgIpc) is 3.08. The highest BCUT2D eigenvalue weighted by Gasteiger charge is 2.56. The smallest absolute Gasteiger partial charge is 0.0635 e. The first-order valence-corrected chi connectivity index (χ1v) is 11.0. The third kappa shape index (κ3) is 1.29. The lowest BCUT2D eigenvalue weighted by atomic mass is 9.58. The van der Waals surface area contributed by atoms with Gasteiger partial charge in [0.2, 0.25) is 0 Å². The molecule has 30 heavy (non-hydrogen) atoms. The van der Waals surface area contributed by atoms with Gasteiger partial charge in [0.05, 0.1) is 28.0 Å². The maximum absolute atomic E-state index is 2.53.